The molecule has 0 fully saturated rings. The van der Waals surface area contributed by atoms with E-state index < -0.39 is 0 Å². The Bertz CT molecular complexity index is 667. The fraction of sp³-hybridized carbons (Fsp3) is 0.267. The van der Waals surface area contributed by atoms with E-state index in [-0.39, 0.29) is 12.7 Å². The highest BCUT2D eigenvalue weighted by Crippen LogP contribution is 2.32. The smallest absolute Gasteiger partial charge is 0.289 e. The van der Waals surface area contributed by atoms with E-state index in [1.54, 1.807) is 17.0 Å². The first-order valence-electron chi connectivity index (χ1n) is 6.60. The van der Waals surface area contributed by atoms with Crippen LogP contribution in [0.5, 0.6) is 11.5 Å². The molecule has 2 aromatic rings. The molecule has 0 bridgehead atoms. The number of carbonyl (C=O) groups excluding carboxylic acids is 1. The first kappa shape index (κ1) is 14.0. The van der Waals surface area contributed by atoms with Crippen molar-refractivity contribution in [2.45, 2.75) is 13.5 Å². The Kier molecular flexibility index (Phi) is 3.88. The van der Waals surface area contributed by atoms with Crippen molar-refractivity contribution in [1.82, 2.24) is 4.90 Å². The Morgan fingerprint density at radius 2 is 2.05 bits per heavy atom. The Morgan fingerprint density at radius 1 is 1.24 bits per heavy atom. The molecule has 1 aliphatic rings. The number of benzene rings is 1. The Balaban J connectivity index is 1.76. The number of amides is 1. The molecule has 3 rings (SSSR count). The summed E-state index contributed by atoms with van der Waals surface area (Å²) >= 11 is 3.20. The van der Waals surface area contributed by atoms with Gasteiger partial charge in [-0.1, -0.05) is 6.07 Å². The van der Waals surface area contributed by atoms with Gasteiger partial charge in [-0.2, -0.15) is 0 Å². The normalized spacial score (nSPS) is 12.5. The monoisotopic (exact) mass is 351 g/mol. The van der Waals surface area contributed by atoms with Crippen LogP contribution in [0.3, 0.4) is 0 Å². The second-order valence-electron chi connectivity index (χ2n) is 4.61. The molecule has 2 heterocycles. The molecule has 0 saturated heterocycles. The van der Waals surface area contributed by atoms with Crippen LogP contribution in [0.25, 0.3) is 0 Å². The number of furan rings is 1. The van der Waals surface area contributed by atoms with Gasteiger partial charge in [-0.25, -0.2) is 0 Å². The van der Waals surface area contributed by atoms with Crippen LogP contribution in [-0.2, 0) is 6.54 Å². The topological polar surface area (TPSA) is 51.9 Å². The number of fused-ring (bicyclic) bond motifs is 1. The van der Waals surface area contributed by atoms with Gasteiger partial charge in [-0.15, -0.1) is 0 Å². The van der Waals surface area contributed by atoms with Gasteiger partial charge in [-0.3, -0.25) is 4.79 Å². The molecule has 1 aromatic heterocycles. The number of rotatable bonds is 4. The van der Waals surface area contributed by atoms with Crippen LogP contribution in [0, 0.1) is 0 Å². The maximum absolute atomic E-state index is 12.4. The van der Waals surface area contributed by atoms with E-state index in [0.29, 0.717) is 23.5 Å². The van der Waals surface area contributed by atoms with Crippen LogP contribution in [-0.4, -0.2) is 24.1 Å². The summed E-state index contributed by atoms with van der Waals surface area (Å²) < 4.78 is 16.5. The SMILES string of the molecule is CCN(Cc1ccc2c(c1)OCO2)C(=O)c1ccc(Br)o1. The first-order chi connectivity index (χ1) is 10.2. The third kappa shape index (κ3) is 2.90. The van der Waals surface area contributed by atoms with E-state index in [2.05, 4.69) is 15.9 Å². The first-order valence-corrected chi connectivity index (χ1v) is 7.40. The van der Waals surface area contributed by atoms with Crippen molar-refractivity contribution >= 4 is 21.8 Å². The number of ether oxygens (including phenoxy) is 2. The molecule has 110 valence electrons. The van der Waals surface area contributed by atoms with Gasteiger partial charge in [0.05, 0.1) is 0 Å². The maximum Gasteiger partial charge on any atom is 0.289 e. The molecule has 0 spiro atoms. The van der Waals surface area contributed by atoms with Crippen LogP contribution in [0.4, 0.5) is 0 Å². The maximum atomic E-state index is 12.4. The molecule has 0 radical (unpaired) electrons. The number of hydrogen-bond donors (Lipinski definition) is 0. The molecule has 6 heteroatoms. The van der Waals surface area contributed by atoms with Crippen LogP contribution in [0.15, 0.2) is 39.4 Å². The van der Waals surface area contributed by atoms with Crippen molar-refractivity contribution in [3.63, 3.8) is 0 Å². The highest BCUT2D eigenvalue weighted by Gasteiger charge is 2.19. The molecule has 0 saturated carbocycles. The molecule has 0 unspecified atom stereocenters. The summed E-state index contributed by atoms with van der Waals surface area (Å²) in [5.74, 6) is 1.64. The average Bonchev–Trinajstić information content (AvgIpc) is 3.12. The molecular formula is C15H14BrNO4. The Hall–Kier alpha value is -1.95. The number of carbonyl (C=O) groups is 1. The zero-order valence-electron chi connectivity index (χ0n) is 11.5. The number of halogens is 1. The quantitative estimate of drug-likeness (QED) is 0.846. The van der Waals surface area contributed by atoms with Crippen molar-refractivity contribution in [2.75, 3.05) is 13.3 Å². The second-order valence-corrected chi connectivity index (χ2v) is 5.39. The lowest BCUT2D eigenvalue weighted by atomic mass is 10.2. The minimum atomic E-state index is -0.138. The standard InChI is InChI=1S/C15H14BrNO4/c1-2-17(15(18)12-5-6-14(16)21-12)8-10-3-4-11-13(7-10)20-9-19-11/h3-7H,2,8-9H2,1H3. The van der Waals surface area contributed by atoms with E-state index in [9.17, 15) is 4.79 Å². The highest BCUT2D eigenvalue weighted by molar-refractivity contribution is 9.10. The molecule has 0 N–H and O–H groups in total. The third-order valence-electron chi connectivity index (χ3n) is 3.26. The van der Waals surface area contributed by atoms with Crippen LogP contribution in [0.2, 0.25) is 0 Å². The molecule has 21 heavy (non-hydrogen) atoms. The van der Waals surface area contributed by atoms with Crippen molar-refractivity contribution in [1.29, 1.82) is 0 Å². The Morgan fingerprint density at radius 3 is 2.76 bits per heavy atom. The average molecular weight is 352 g/mol. The fourth-order valence-corrected chi connectivity index (χ4v) is 2.48. The number of nitrogens with zero attached hydrogens (tertiary/aromatic N) is 1. The van der Waals surface area contributed by atoms with E-state index in [4.69, 9.17) is 13.9 Å². The largest absolute Gasteiger partial charge is 0.454 e. The molecule has 5 nitrogen and oxygen atoms in total. The molecular weight excluding hydrogens is 338 g/mol. The van der Waals surface area contributed by atoms with E-state index in [1.807, 2.05) is 25.1 Å². The fourth-order valence-electron chi connectivity index (χ4n) is 2.17. The molecule has 1 aliphatic heterocycles. The predicted octanol–water partition coefficient (Wildman–Crippen LogP) is 3.43. The molecule has 0 atom stereocenters. The minimum Gasteiger partial charge on any atom is -0.454 e. The van der Waals surface area contributed by atoms with E-state index in [0.717, 1.165) is 17.1 Å². The van der Waals surface area contributed by atoms with Gasteiger partial charge in [0.2, 0.25) is 6.79 Å². The van der Waals surface area contributed by atoms with Gasteiger partial charge in [0, 0.05) is 13.1 Å². The summed E-state index contributed by atoms with van der Waals surface area (Å²) in [7, 11) is 0. The van der Waals surface area contributed by atoms with Crippen LogP contribution < -0.4 is 9.47 Å². The van der Waals surface area contributed by atoms with Crippen molar-refractivity contribution in [3.05, 3.63) is 46.3 Å². The lowest BCUT2D eigenvalue weighted by molar-refractivity contribution is 0.0719. The Labute approximate surface area is 130 Å². The summed E-state index contributed by atoms with van der Waals surface area (Å²) in [6, 6.07) is 9.06. The molecule has 1 aromatic carbocycles. The summed E-state index contributed by atoms with van der Waals surface area (Å²) in [4.78, 5) is 14.1. The van der Waals surface area contributed by atoms with Gasteiger partial charge >= 0.3 is 0 Å². The summed E-state index contributed by atoms with van der Waals surface area (Å²) in [6.45, 7) is 3.26. The zero-order chi connectivity index (χ0) is 14.8. The lowest BCUT2D eigenvalue weighted by Crippen LogP contribution is -2.29. The molecule has 1 amide bonds. The van der Waals surface area contributed by atoms with E-state index >= 15 is 0 Å². The van der Waals surface area contributed by atoms with Gasteiger partial charge in [0.15, 0.2) is 21.9 Å². The van der Waals surface area contributed by atoms with Gasteiger partial charge in [0.1, 0.15) is 0 Å². The van der Waals surface area contributed by atoms with E-state index in [1.165, 1.54) is 0 Å². The van der Waals surface area contributed by atoms with Crippen molar-refractivity contribution in [2.24, 2.45) is 0 Å². The van der Waals surface area contributed by atoms with Gasteiger partial charge in [-0.05, 0) is 52.7 Å². The highest BCUT2D eigenvalue weighted by atomic mass is 79.9. The van der Waals surface area contributed by atoms with Crippen molar-refractivity contribution in [3.8, 4) is 11.5 Å². The van der Waals surface area contributed by atoms with Gasteiger partial charge < -0.3 is 18.8 Å². The summed E-state index contributed by atoms with van der Waals surface area (Å²) in [5, 5.41) is 0. The zero-order valence-corrected chi connectivity index (χ0v) is 13.1. The summed E-state index contributed by atoms with van der Waals surface area (Å²) in [5.41, 5.74) is 0.986. The lowest BCUT2D eigenvalue weighted by Gasteiger charge is -2.19. The molecule has 0 aliphatic carbocycles. The van der Waals surface area contributed by atoms with Crippen molar-refractivity contribution < 1.29 is 18.7 Å². The minimum absolute atomic E-state index is 0.138. The van der Waals surface area contributed by atoms with Crippen LogP contribution in [0.1, 0.15) is 23.0 Å². The third-order valence-corrected chi connectivity index (χ3v) is 3.69. The van der Waals surface area contributed by atoms with Crippen LogP contribution >= 0.6 is 15.9 Å². The second kappa shape index (κ2) is 5.81. The van der Waals surface area contributed by atoms with Gasteiger partial charge in [0.25, 0.3) is 5.91 Å². The predicted molar refractivity (Wildman–Crippen MR) is 79.4 cm³/mol. The number of hydrogen-bond acceptors (Lipinski definition) is 4. The summed E-state index contributed by atoms with van der Waals surface area (Å²) in [6.07, 6.45) is 0.